The molecule has 1 aromatic heterocycles. The Kier molecular flexibility index (Phi) is 3.62. The fraction of sp³-hybridized carbons (Fsp3) is 0.385. The normalized spacial score (nSPS) is 12.9. The first-order valence-corrected chi connectivity index (χ1v) is 6.70. The van der Waals surface area contributed by atoms with Gasteiger partial charge in [-0.15, -0.1) is 0 Å². The zero-order chi connectivity index (χ0) is 12.4. The second-order valence-corrected chi connectivity index (χ2v) is 5.44. The fourth-order valence-corrected chi connectivity index (χ4v) is 2.12. The Morgan fingerprint density at radius 3 is 2.82 bits per heavy atom. The number of nitrogens with zero attached hydrogens (tertiary/aromatic N) is 2. The molecule has 90 valence electrons. The van der Waals surface area contributed by atoms with E-state index in [0.717, 1.165) is 23.9 Å². The van der Waals surface area contributed by atoms with Gasteiger partial charge in [-0.05, 0) is 19.4 Å². The first-order chi connectivity index (χ1) is 8.15. The van der Waals surface area contributed by atoms with E-state index >= 15 is 0 Å². The number of carbonyl (C=O) groups is 1. The van der Waals surface area contributed by atoms with Crippen molar-refractivity contribution in [1.82, 2.24) is 9.78 Å². The zero-order valence-electron chi connectivity index (χ0n) is 9.98. The lowest BCUT2D eigenvalue weighted by Gasteiger charge is -2.06. The number of benzene rings is 1. The molecule has 1 heterocycles. The van der Waals surface area contributed by atoms with Crippen molar-refractivity contribution >= 4 is 32.6 Å². The minimum absolute atomic E-state index is 0.0900. The number of alkyl halides is 1. The first-order valence-electron chi connectivity index (χ1n) is 5.79. The molecule has 0 amide bonds. The fourth-order valence-electron chi connectivity index (χ4n) is 1.90. The maximum absolute atomic E-state index is 12.2. The van der Waals surface area contributed by atoms with E-state index in [4.69, 9.17) is 0 Å². The van der Waals surface area contributed by atoms with Crippen LogP contribution in [0.15, 0.2) is 24.3 Å². The molecule has 0 aliphatic rings. The predicted molar refractivity (Wildman–Crippen MR) is 72.7 cm³/mol. The number of aryl methyl sites for hydroxylation is 1. The highest BCUT2D eigenvalue weighted by atomic mass is 79.9. The predicted octanol–water partition coefficient (Wildman–Crippen LogP) is 3.41. The van der Waals surface area contributed by atoms with Crippen LogP contribution in [-0.2, 0) is 6.54 Å². The summed E-state index contributed by atoms with van der Waals surface area (Å²) >= 11 is 3.34. The summed E-state index contributed by atoms with van der Waals surface area (Å²) in [5.74, 6) is 0.0900. The smallest absolute Gasteiger partial charge is 0.194 e. The van der Waals surface area contributed by atoms with Crippen LogP contribution in [0.2, 0.25) is 0 Å². The summed E-state index contributed by atoms with van der Waals surface area (Å²) in [6, 6.07) is 7.78. The largest absolute Gasteiger partial charge is 0.291 e. The van der Waals surface area contributed by atoms with Gasteiger partial charge in [0.15, 0.2) is 5.78 Å². The second kappa shape index (κ2) is 5.00. The molecular weight excluding hydrogens is 280 g/mol. The molecule has 0 spiro atoms. The van der Waals surface area contributed by atoms with Gasteiger partial charge in [-0.3, -0.25) is 9.48 Å². The second-order valence-electron chi connectivity index (χ2n) is 4.07. The summed E-state index contributed by atoms with van der Waals surface area (Å²) in [4.78, 5) is 12.0. The van der Waals surface area contributed by atoms with Crippen molar-refractivity contribution in [3.8, 4) is 0 Å². The summed E-state index contributed by atoms with van der Waals surface area (Å²) in [6.45, 7) is 4.70. The molecule has 0 saturated carbocycles. The van der Waals surface area contributed by atoms with Crippen LogP contribution in [0, 0.1) is 0 Å². The molecule has 1 aromatic carbocycles. The summed E-state index contributed by atoms with van der Waals surface area (Å²) in [5, 5.41) is 5.42. The van der Waals surface area contributed by atoms with E-state index in [1.165, 1.54) is 0 Å². The Morgan fingerprint density at radius 1 is 1.47 bits per heavy atom. The Balaban J connectivity index is 2.63. The van der Waals surface area contributed by atoms with Crippen molar-refractivity contribution in [3.63, 3.8) is 0 Å². The molecule has 4 heteroatoms. The molecule has 0 radical (unpaired) electrons. The van der Waals surface area contributed by atoms with Crippen molar-refractivity contribution in [2.45, 2.75) is 31.6 Å². The number of hydrogen-bond acceptors (Lipinski definition) is 2. The number of aromatic nitrogens is 2. The highest BCUT2D eigenvalue weighted by molar-refractivity contribution is 9.10. The summed E-state index contributed by atoms with van der Waals surface area (Å²) in [7, 11) is 0. The van der Waals surface area contributed by atoms with Gasteiger partial charge in [0.05, 0.1) is 10.3 Å². The molecule has 0 aliphatic heterocycles. The van der Waals surface area contributed by atoms with Crippen LogP contribution in [0.5, 0.6) is 0 Å². The number of carbonyl (C=O) groups excluding carboxylic acids is 1. The van der Waals surface area contributed by atoms with Crippen LogP contribution < -0.4 is 0 Å². The molecule has 0 fully saturated rings. The van der Waals surface area contributed by atoms with E-state index in [0.29, 0.717) is 5.69 Å². The molecule has 1 unspecified atom stereocenters. The van der Waals surface area contributed by atoms with Gasteiger partial charge >= 0.3 is 0 Å². The van der Waals surface area contributed by atoms with E-state index in [1.807, 2.05) is 35.9 Å². The van der Waals surface area contributed by atoms with E-state index < -0.39 is 0 Å². The summed E-state index contributed by atoms with van der Waals surface area (Å²) in [6.07, 6.45) is 0.963. The third kappa shape index (κ3) is 2.27. The molecule has 1 atom stereocenters. The third-order valence-electron chi connectivity index (χ3n) is 2.68. The van der Waals surface area contributed by atoms with E-state index in [9.17, 15) is 4.79 Å². The van der Waals surface area contributed by atoms with Crippen molar-refractivity contribution in [1.29, 1.82) is 0 Å². The minimum atomic E-state index is -0.182. The number of ketones is 1. The van der Waals surface area contributed by atoms with Crippen LogP contribution in [0.3, 0.4) is 0 Å². The van der Waals surface area contributed by atoms with Gasteiger partial charge < -0.3 is 0 Å². The molecule has 0 bridgehead atoms. The van der Waals surface area contributed by atoms with Gasteiger partial charge in [-0.1, -0.05) is 41.1 Å². The van der Waals surface area contributed by atoms with E-state index in [1.54, 1.807) is 0 Å². The van der Waals surface area contributed by atoms with Crippen LogP contribution in [0.4, 0.5) is 0 Å². The monoisotopic (exact) mass is 294 g/mol. The summed E-state index contributed by atoms with van der Waals surface area (Å²) in [5.41, 5.74) is 1.60. The number of rotatable bonds is 4. The van der Waals surface area contributed by atoms with Crippen LogP contribution >= 0.6 is 15.9 Å². The standard InChI is InChI=1S/C13H15BrN2O/c1-3-8-16-12(13(17)9(2)14)10-6-4-5-7-11(10)15-16/h4-7,9H,3,8H2,1-2H3. The van der Waals surface area contributed by atoms with Gasteiger partial charge in [0.1, 0.15) is 5.69 Å². The minimum Gasteiger partial charge on any atom is -0.291 e. The SMILES string of the molecule is CCCn1nc2ccccc2c1C(=O)C(C)Br. The molecule has 0 N–H and O–H groups in total. The number of fused-ring (bicyclic) bond motifs is 1. The third-order valence-corrected chi connectivity index (χ3v) is 3.09. The number of Topliss-reactive ketones (excluding diaryl/α,β-unsaturated/α-hetero) is 1. The Hall–Kier alpha value is -1.16. The Labute approximate surface area is 109 Å². The quantitative estimate of drug-likeness (QED) is 0.640. The zero-order valence-corrected chi connectivity index (χ0v) is 11.6. The molecule has 17 heavy (non-hydrogen) atoms. The highest BCUT2D eigenvalue weighted by Crippen LogP contribution is 2.21. The Bertz CT molecular complexity index is 545. The molecule has 2 rings (SSSR count). The average molecular weight is 295 g/mol. The Morgan fingerprint density at radius 2 is 2.18 bits per heavy atom. The maximum Gasteiger partial charge on any atom is 0.194 e. The topological polar surface area (TPSA) is 34.9 Å². The lowest BCUT2D eigenvalue weighted by Crippen LogP contribution is -2.16. The molecule has 0 saturated heterocycles. The lowest BCUT2D eigenvalue weighted by molar-refractivity contribution is 0.0987. The molecule has 2 aromatic rings. The van der Waals surface area contributed by atoms with Gasteiger partial charge in [0, 0.05) is 11.9 Å². The van der Waals surface area contributed by atoms with Crippen molar-refractivity contribution < 1.29 is 4.79 Å². The highest BCUT2D eigenvalue weighted by Gasteiger charge is 2.20. The molecular formula is C13H15BrN2O. The van der Waals surface area contributed by atoms with E-state index in [2.05, 4.69) is 28.0 Å². The molecule has 3 nitrogen and oxygen atoms in total. The average Bonchev–Trinajstić information content (AvgIpc) is 2.66. The molecule has 0 aliphatic carbocycles. The van der Waals surface area contributed by atoms with Crippen LogP contribution in [0.25, 0.3) is 10.9 Å². The van der Waals surface area contributed by atoms with Gasteiger partial charge in [0.2, 0.25) is 0 Å². The lowest BCUT2D eigenvalue weighted by atomic mass is 10.1. The van der Waals surface area contributed by atoms with Crippen molar-refractivity contribution in [3.05, 3.63) is 30.0 Å². The number of hydrogen-bond donors (Lipinski definition) is 0. The van der Waals surface area contributed by atoms with Crippen LogP contribution in [-0.4, -0.2) is 20.4 Å². The van der Waals surface area contributed by atoms with Crippen molar-refractivity contribution in [2.24, 2.45) is 0 Å². The summed E-state index contributed by atoms with van der Waals surface area (Å²) < 4.78 is 1.82. The maximum atomic E-state index is 12.2. The van der Waals surface area contributed by atoms with Gasteiger partial charge in [0.25, 0.3) is 0 Å². The van der Waals surface area contributed by atoms with E-state index in [-0.39, 0.29) is 10.6 Å². The van der Waals surface area contributed by atoms with Gasteiger partial charge in [-0.25, -0.2) is 0 Å². The van der Waals surface area contributed by atoms with Crippen LogP contribution in [0.1, 0.15) is 30.8 Å². The first kappa shape index (κ1) is 12.3. The number of halogens is 1. The van der Waals surface area contributed by atoms with Crippen molar-refractivity contribution in [2.75, 3.05) is 0 Å². The van der Waals surface area contributed by atoms with Gasteiger partial charge in [-0.2, -0.15) is 5.10 Å².